The van der Waals surface area contributed by atoms with Gasteiger partial charge < -0.3 is 15.5 Å². The number of nitrogens with zero attached hydrogens (tertiary/aromatic N) is 1. The maximum atomic E-state index is 12.1. The van der Waals surface area contributed by atoms with Gasteiger partial charge in [0.05, 0.1) is 0 Å². The molecule has 2 aliphatic rings. The number of thioether (sulfide) groups is 1. The Hall–Kier alpha value is -1.20. The highest BCUT2D eigenvalue weighted by Gasteiger charge is 2.17. The van der Waals surface area contributed by atoms with E-state index in [1.165, 1.54) is 18.5 Å². The van der Waals surface area contributed by atoms with Crippen molar-refractivity contribution in [3.8, 4) is 0 Å². The minimum Gasteiger partial charge on any atom is -0.372 e. The van der Waals surface area contributed by atoms with Crippen LogP contribution in [0, 0.1) is 0 Å². The summed E-state index contributed by atoms with van der Waals surface area (Å²) in [7, 11) is 0. The van der Waals surface area contributed by atoms with Gasteiger partial charge in [-0.2, -0.15) is 11.8 Å². The maximum absolute atomic E-state index is 12.1. The van der Waals surface area contributed by atoms with Crippen molar-refractivity contribution in [2.75, 3.05) is 41.4 Å². The van der Waals surface area contributed by atoms with E-state index < -0.39 is 0 Å². The third kappa shape index (κ3) is 4.14. The molecule has 2 fully saturated rings. The first-order valence-corrected chi connectivity index (χ1v) is 8.93. The summed E-state index contributed by atoms with van der Waals surface area (Å²) in [5.41, 5.74) is 2.15. The fourth-order valence-electron chi connectivity index (χ4n) is 2.92. The molecule has 21 heavy (non-hydrogen) atoms. The lowest BCUT2D eigenvalue weighted by molar-refractivity contribution is -0.116. The van der Waals surface area contributed by atoms with E-state index in [9.17, 15) is 4.79 Å². The number of anilines is 2. The lowest BCUT2D eigenvalue weighted by Crippen LogP contribution is -2.39. The zero-order valence-corrected chi connectivity index (χ0v) is 13.1. The SMILES string of the molecule is O=C(CC1CSCCN1)Nc1ccc(N2CCCC2)cc1. The minimum absolute atomic E-state index is 0.101. The van der Waals surface area contributed by atoms with Crippen LogP contribution in [0.15, 0.2) is 24.3 Å². The lowest BCUT2D eigenvalue weighted by Gasteiger charge is -2.22. The van der Waals surface area contributed by atoms with Crippen LogP contribution < -0.4 is 15.5 Å². The van der Waals surface area contributed by atoms with E-state index in [1.54, 1.807) is 0 Å². The summed E-state index contributed by atoms with van der Waals surface area (Å²) in [5.74, 6) is 2.28. The highest BCUT2D eigenvalue weighted by Crippen LogP contribution is 2.22. The van der Waals surface area contributed by atoms with Crippen LogP contribution in [0.4, 0.5) is 11.4 Å². The topological polar surface area (TPSA) is 44.4 Å². The van der Waals surface area contributed by atoms with Crippen LogP contribution in [0.2, 0.25) is 0 Å². The molecule has 1 atom stereocenters. The molecule has 3 rings (SSSR count). The van der Waals surface area contributed by atoms with Crippen LogP contribution in [0.5, 0.6) is 0 Å². The normalized spacial score (nSPS) is 22.3. The lowest BCUT2D eigenvalue weighted by atomic mass is 10.2. The predicted molar refractivity (Wildman–Crippen MR) is 90.3 cm³/mol. The third-order valence-corrected chi connectivity index (χ3v) is 5.18. The number of benzene rings is 1. The summed E-state index contributed by atoms with van der Waals surface area (Å²) in [4.78, 5) is 14.4. The van der Waals surface area contributed by atoms with Gasteiger partial charge in [-0.3, -0.25) is 4.79 Å². The molecule has 0 saturated carbocycles. The summed E-state index contributed by atoms with van der Waals surface area (Å²) in [6.45, 7) is 3.31. The van der Waals surface area contributed by atoms with Gasteiger partial charge in [-0.1, -0.05) is 0 Å². The molecule has 2 N–H and O–H groups in total. The van der Waals surface area contributed by atoms with Crippen LogP contribution in [0.25, 0.3) is 0 Å². The van der Waals surface area contributed by atoms with Crippen LogP contribution in [-0.4, -0.2) is 43.1 Å². The molecule has 4 nitrogen and oxygen atoms in total. The highest BCUT2D eigenvalue weighted by atomic mass is 32.2. The van der Waals surface area contributed by atoms with Crippen molar-refractivity contribution in [3.63, 3.8) is 0 Å². The number of amides is 1. The number of rotatable bonds is 4. The van der Waals surface area contributed by atoms with Crippen molar-refractivity contribution < 1.29 is 4.79 Å². The second-order valence-corrected chi connectivity index (χ2v) is 6.87. The molecule has 2 aliphatic heterocycles. The van der Waals surface area contributed by atoms with Crippen molar-refractivity contribution in [2.45, 2.75) is 25.3 Å². The average molecular weight is 305 g/mol. The molecule has 0 bridgehead atoms. The van der Waals surface area contributed by atoms with Gasteiger partial charge in [-0.25, -0.2) is 0 Å². The Morgan fingerprint density at radius 2 is 2.05 bits per heavy atom. The number of nitrogens with one attached hydrogen (secondary N) is 2. The smallest absolute Gasteiger partial charge is 0.225 e. The first kappa shape index (κ1) is 14.7. The first-order valence-electron chi connectivity index (χ1n) is 7.77. The Morgan fingerprint density at radius 1 is 1.29 bits per heavy atom. The Kier molecular flexibility index (Phi) is 5.04. The van der Waals surface area contributed by atoms with Crippen LogP contribution in [-0.2, 0) is 4.79 Å². The zero-order chi connectivity index (χ0) is 14.5. The van der Waals surface area contributed by atoms with Gasteiger partial charge in [0.2, 0.25) is 5.91 Å². The van der Waals surface area contributed by atoms with E-state index >= 15 is 0 Å². The van der Waals surface area contributed by atoms with E-state index in [4.69, 9.17) is 0 Å². The molecule has 0 radical (unpaired) electrons. The Balaban J connectivity index is 1.50. The molecule has 114 valence electrons. The summed E-state index contributed by atoms with van der Waals surface area (Å²) < 4.78 is 0. The molecular formula is C16H23N3OS. The quantitative estimate of drug-likeness (QED) is 0.896. The molecule has 1 unspecified atom stereocenters. The Bertz CT molecular complexity index is 465. The van der Waals surface area contributed by atoms with Crippen molar-refractivity contribution in [1.29, 1.82) is 0 Å². The fraction of sp³-hybridized carbons (Fsp3) is 0.562. The van der Waals surface area contributed by atoms with Gasteiger partial charge >= 0.3 is 0 Å². The van der Waals surface area contributed by atoms with Crippen molar-refractivity contribution in [1.82, 2.24) is 5.32 Å². The summed E-state index contributed by atoms with van der Waals surface area (Å²) >= 11 is 1.92. The number of carbonyl (C=O) groups is 1. The largest absolute Gasteiger partial charge is 0.372 e. The number of carbonyl (C=O) groups excluding carboxylic acids is 1. The van der Waals surface area contributed by atoms with Gasteiger partial charge in [-0.15, -0.1) is 0 Å². The molecule has 2 saturated heterocycles. The monoisotopic (exact) mass is 305 g/mol. The van der Waals surface area contributed by atoms with Gasteiger partial charge in [-0.05, 0) is 37.1 Å². The van der Waals surface area contributed by atoms with Gasteiger partial charge in [0.25, 0.3) is 0 Å². The van der Waals surface area contributed by atoms with Crippen LogP contribution in [0.3, 0.4) is 0 Å². The number of hydrogen-bond acceptors (Lipinski definition) is 4. The third-order valence-electron chi connectivity index (χ3n) is 4.05. The second kappa shape index (κ2) is 7.18. The van der Waals surface area contributed by atoms with Gasteiger partial charge in [0.1, 0.15) is 0 Å². The molecule has 1 aromatic carbocycles. The Morgan fingerprint density at radius 3 is 2.71 bits per heavy atom. The van der Waals surface area contributed by atoms with E-state index in [2.05, 4.69) is 27.7 Å². The standard InChI is InChI=1S/C16H23N3OS/c20-16(11-14-12-21-10-7-17-14)18-13-3-5-15(6-4-13)19-8-1-2-9-19/h3-6,14,17H,1-2,7-12H2,(H,18,20). The molecular weight excluding hydrogens is 282 g/mol. The fourth-order valence-corrected chi connectivity index (χ4v) is 3.87. The van der Waals surface area contributed by atoms with Gasteiger partial charge in [0, 0.05) is 55.0 Å². The second-order valence-electron chi connectivity index (χ2n) is 5.72. The average Bonchev–Trinajstić information content (AvgIpc) is 3.03. The van der Waals surface area contributed by atoms with E-state index in [0.717, 1.165) is 36.8 Å². The van der Waals surface area contributed by atoms with E-state index in [-0.39, 0.29) is 5.91 Å². The summed E-state index contributed by atoms with van der Waals surface area (Å²) in [5, 5.41) is 6.39. The molecule has 1 amide bonds. The van der Waals surface area contributed by atoms with Gasteiger partial charge in [0.15, 0.2) is 0 Å². The maximum Gasteiger partial charge on any atom is 0.225 e. The Labute approximate surface area is 130 Å². The first-order chi connectivity index (χ1) is 10.3. The predicted octanol–water partition coefficient (Wildman–Crippen LogP) is 2.32. The minimum atomic E-state index is 0.101. The van der Waals surface area contributed by atoms with Crippen molar-refractivity contribution in [2.24, 2.45) is 0 Å². The van der Waals surface area contributed by atoms with Crippen LogP contribution >= 0.6 is 11.8 Å². The molecule has 0 spiro atoms. The molecule has 2 heterocycles. The van der Waals surface area contributed by atoms with Crippen molar-refractivity contribution in [3.05, 3.63) is 24.3 Å². The molecule has 5 heteroatoms. The summed E-state index contributed by atoms with van der Waals surface area (Å²) in [6.07, 6.45) is 3.12. The van der Waals surface area contributed by atoms with Crippen LogP contribution in [0.1, 0.15) is 19.3 Å². The zero-order valence-electron chi connectivity index (χ0n) is 12.3. The number of hydrogen-bond donors (Lipinski definition) is 2. The van der Waals surface area contributed by atoms with E-state index in [0.29, 0.717) is 12.5 Å². The van der Waals surface area contributed by atoms with Crippen molar-refractivity contribution >= 4 is 29.0 Å². The molecule has 0 aliphatic carbocycles. The highest BCUT2D eigenvalue weighted by molar-refractivity contribution is 7.99. The summed E-state index contributed by atoms with van der Waals surface area (Å²) in [6, 6.07) is 8.54. The van der Waals surface area contributed by atoms with E-state index in [1.807, 2.05) is 23.9 Å². The molecule has 0 aromatic heterocycles. The molecule has 1 aromatic rings.